The molecule has 1 aromatic rings. The molecule has 0 saturated heterocycles. The Kier molecular flexibility index (Phi) is 2.90. The van der Waals surface area contributed by atoms with Crippen molar-refractivity contribution in [3.05, 3.63) is 20.3 Å². The van der Waals surface area contributed by atoms with E-state index in [1.165, 1.54) is 11.3 Å². The molecule has 12 heavy (non-hydrogen) atoms. The zero-order chi connectivity index (χ0) is 9.30. The van der Waals surface area contributed by atoms with Crippen molar-refractivity contribution >= 4 is 33.2 Å². The summed E-state index contributed by atoms with van der Waals surface area (Å²) in [5, 5.41) is 1.97. The molecule has 66 valence electrons. The topological polar surface area (TPSA) is 20.3 Å². The third-order valence-corrected chi connectivity index (χ3v) is 3.87. The largest absolute Gasteiger partial charge is 0.344 e. The van der Waals surface area contributed by atoms with Gasteiger partial charge in [0.25, 0.3) is 5.91 Å². The van der Waals surface area contributed by atoms with Gasteiger partial charge in [0.05, 0.1) is 0 Å². The molecule has 0 saturated carbocycles. The van der Waals surface area contributed by atoms with Crippen LogP contribution in [0.1, 0.15) is 15.2 Å². The molecule has 1 amide bonds. The minimum Gasteiger partial charge on any atom is -0.344 e. The molecule has 0 aliphatic heterocycles. The van der Waals surface area contributed by atoms with Crippen molar-refractivity contribution in [2.75, 3.05) is 14.1 Å². The highest BCUT2D eigenvalue weighted by Gasteiger charge is 2.15. The lowest BCUT2D eigenvalue weighted by Crippen LogP contribution is -2.20. The zero-order valence-corrected chi connectivity index (χ0v) is 9.62. The third-order valence-electron chi connectivity index (χ3n) is 1.50. The first-order chi connectivity index (χ1) is 5.54. The van der Waals surface area contributed by atoms with Crippen molar-refractivity contribution in [2.24, 2.45) is 0 Å². The first-order valence-corrected chi connectivity index (χ1v) is 5.16. The highest BCUT2D eigenvalue weighted by Crippen LogP contribution is 2.28. The van der Waals surface area contributed by atoms with Crippen molar-refractivity contribution in [2.45, 2.75) is 6.92 Å². The predicted octanol–water partition coefficient (Wildman–Crippen LogP) is 2.52. The Morgan fingerprint density at radius 1 is 1.58 bits per heavy atom. The fourth-order valence-electron chi connectivity index (χ4n) is 0.777. The molecular weight excluding hydrogens is 238 g/mol. The predicted molar refractivity (Wildman–Crippen MR) is 54.8 cm³/mol. The highest BCUT2D eigenvalue weighted by molar-refractivity contribution is 9.10. The number of hydrogen-bond donors (Lipinski definition) is 0. The summed E-state index contributed by atoms with van der Waals surface area (Å²) in [6.07, 6.45) is 0. The minimum atomic E-state index is 0.0555. The molecular formula is C8H10BrNOS. The Bertz CT molecular complexity index is 306. The van der Waals surface area contributed by atoms with Gasteiger partial charge < -0.3 is 4.90 Å². The second-order valence-corrected chi connectivity index (χ2v) is 4.43. The van der Waals surface area contributed by atoms with Gasteiger partial charge in [0.2, 0.25) is 0 Å². The van der Waals surface area contributed by atoms with Crippen LogP contribution in [0.2, 0.25) is 0 Å². The summed E-state index contributed by atoms with van der Waals surface area (Å²) >= 11 is 4.86. The number of amides is 1. The van der Waals surface area contributed by atoms with Crippen molar-refractivity contribution in [1.82, 2.24) is 4.90 Å². The van der Waals surface area contributed by atoms with E-state index < -0.39 is 0 Å². The molecule has 2 nitrogen and oxygen atoms in total. The van der Waals surface area contributed by atoms with Crippen LogP contribution in [0.4, 0.5) is 0 Å². The van der Waals surface area contributed by atoms with Gasteiger partial charge in [-0.3, -0.25) is 4.79 Å². The fourth-order valence-corrected chi connectivity index (χ4v) is 2.45. The molecule has 0 aliphatic rings. The SMILES string of the molecule is Cc1csc(C(=O)N(C)C)c1Br. The molecule has 0 aromatic carbocycles. The van der Waals surface area contributed by atoms with Crippen LogP contribution < -0.4 is 0 Å². The fraction of sp³-hybridized carbons (Fsp3) is 0.375. The third kappa shape index (κ3) is 1.69. The quantitative estimate of drug-likeness (QED) is 0.747. The number of nitrogens with zero attached hydrogens (tertiary/aromatic N) is 1. The number of thiophene rings is 1. The molecule has 4 heteroatoms. The molecule has 0 fully saturated rings. The molecule has 0 bridgehead atoms. The summed E-state index contributed by atoms with van der Waals surface area (Å²) in [5.41, 5.74) is 1.12. The van der Waals surface area contributed by atoms with Crippen LogP contribution in [0, 0.1) is 6.92 Å². The lowest BCUT2D eigenvalue weighted by Gasteiger charge is -2.08. The lowest BCUT2D eigenvalue weighted by atomic mass is 10.3. The lowest BCUT2D eigenvalue weighted by molar-refractivity contribution is 0.0831. The second-order valence-electron chi connectivity index (χ2n) is 2.76. The van der Waals surface area contributed by atoms with Crippen LogP contribution >= 0.6 is 27.3 Å². The molecule has 1 heterocycles. The van der Waals surface area contributed by atoms with Gasteiger partial charge in [-0.05, 0) is 33.8 Å². The second kappa shape index (κ2) is 3.58. The minimum absolute atomic E-state index is 0.0555. The van der Waals surface area contributed by atoms with E-state index in [-0.39, 0.29) is 5.91 Å². The first-order valence-electron chi connectivity index (χ1n) is 3.49. The summed E-state index contributed by atoms with van der Waals surface area (Å²) in [6, 6.07) is 0. The van der Waals surface area contributed by atoms with Crippen LogP contribution in [-0.2, 0) is 0 Å². The van der Waals surface area contributed by atoms with E-state index in [2.05, 4.69) is 15.9 Å². The Hall–Kier alpha value is -0.350. The summed E-state index contributed by atoms with van der Waals surface area (Å²) < 4.78 is 0.922. The average Bonchev–Trinajstić information content (AvgIpc) is 2.32. The number of rotatable bonds is 1. The first kappa shape index (κ1) is 9.74. The van der Waals surface area contributed by atoms with E-state index in [1.54, 1.807) is 19.0 Å². The van der Waals surface area contributed by atoms with Crippen LogP contribution in [-0.4, -0.2) is 24.9 Å². The molecule has 1 aromatic heterocycles. The Labute approximate surface area is 84.3 Å². The highest BCUT2D eigenvalue weighted by atomic mass is 79.9. The van der Waals surface area contributed by atoms with Gasteiger partial charge in [-0.1, -0.05) is 0 Å². The number of halogens is 1. The van der Waals surface area contributed by atoms with Crippen molar-refractivity contribution in [1.29, 1.82) is 0 Å². The van der Waals surface area contributed by atoms with Gasteiger partial charge in [0.1, 0.15) is 4.88 Å². The van der Waals surface area contributed by atoms with Crippen LogP contribution in [0.3, 0.4) is 0 Å². The Morgan fingerprint density at radius 2 is 2.17 bits per heavy atom. The Balaban J connectivity index is 3.04. The van der Waals surface area contributed by atoms with E-state index >= 15 is 0 Å². The number of carbonyl (C=O) groups is 1. The number of hydrogen-bond acceptors (Lipinski definition) is 2. The summed E-state index contributed by atoms with van der Waals surface area (Å²) in [7, 11) is 3.51. The van der Waals surface area contributed by atoms with Crippen LogP contribution in [0.5, 0.6) is 0 Å². The van der Waals surface area contributed by atoms with Crippen LogP contribution in [0.15, 0.2) is 9.85 Å². The Morgan fingerprint density at radius 3 is 2.50 bits per heavy atom. The molecule has 0 atom stereocenters. The molecule has 0 N–H and O–H groups in total. The summed E-state index contributed by atoms with van der Waals surface area (Å²) in [5.74, 6) is 0.0555. The normalized spacial score (nSPS) is 10.0. The monoisotopic (exact) mass is 247 g/mol. The van der Waals surface area contributed by atoms with Crippen LogP contribution in [0.25, 0.3) is 0 Å². The smallest absolute Gasteiger partial charge is 0.264 e. The maximum atomic E-state index is 11.5. The van der Waals surface area contributed by atoms with E-state index in [9.17, 15) is 4.79 Å². The number of aryl methyl sites for hydroxylation is 1. The summed E-state index contributed by atoms with van der Waals surface area (Å²) in [4.78, 5) is 13.8. The summed E-state index contributed by atoms with van der Waals surface area (Å²) in [6.45, 7) is 1.98. The molecule has 0 unspecified atom stereocenters. The van der Waals surface area contributed by atoms with Gasteiger partial charge in [-0.25, -0.2) is 0 Å². The van der Waals surface area contributed by atoms with E-state index in [0.29, 0.717) is 0 Å². The van der Waals surface area contributed by atoms with E-state index in [0.717, 1.165) is 14.9 Å². The molecule has 0 aliphatic carbocycles. The van der Waals surface area contributed by atoms with Crippen molar-refractivity contribution < 1.29 is 4.79 Å². The van der Waals surface area contributed by atoms with Gasteiger partial charge in [-0.2, -0.15) is 0 Å². The van der Waals surface area contributed by atoms with Gasteiger partial charge in [0.15, 0.2) is 0 Å². The molecule has 0 spiro atoms. The van der Waals surface area contributed by atoms with Crippen molar-refractivity contribution in [3.63, 3.8) is 0 Å². The van der Waals surface area contributed by atoms with E-state index in [1.807, 2.05) is 12.3 Å². The maximum absolute atomic E-state index is 11.5. The molecule has 0 radical (unpaired) electrons. The molecule has 1 rings (SSSR count). The van der Waals surface area contributed by atoms with Crippen molar-refractivity contribution in [3.8, 4) is 0 Å². The van der Waals surface area contributed by atoms with Gasteiger partial charge >= 0.3 is 0 Å². The van der Waals surface area contributed by atoms with E-state index in [4.69, 9.17) is 0 Å². The maximum Gasteiger partial charge on any atom is 0.264 e. The standard InChI is InChI=1S/C8H10BrNOS/c1-5-4-12-7(6(5)9)8(11)10(2)3/h4H,1-3H3. The zero-order valence-electron chi connectivity index (χ0n) is 7.22. The van der Waals surface area contributed by atoms with Gasteiger partial charge in [-0.15, -0.1) is 11.3 Å². The number of carbonyl (C=O) groups excluding carboxylic acids is 1. The van der Waals surface area contributed by atoms with Gasteiger partial charge in [0, 0.05) is 18.6 Å². The average molecular weight is 248 g/mol.